The molecule has 2 aromatic carbocycles. The van der Waals surface area contributed by atoms with Crippen LogP contribution < -0.4 is 33.0 Å². The lowest BCUT2D eigenvalue weighted by Gasteiger charge is -2.28. The molecule has 11 heteroatoms. The Kier molecular flexibility index (Phi) is 10.2. The average Bonchev–Trinajstić information content (AvgIpc) is 2.98. The van der Waals surface area contributed by atoms with Crippen molar-refractivity contribution >= 4 is 29.2 Å². The molecule has 2 amide bonds. The van der Waals surface area contributed by atoms with Gasteiger partial charge in [-0.1, -0.05) is 43.5 Å². The van der Waals surface area contributed by atoms with Gasteiger partial charge in [0.25, 0.3) is 11.5 Å². The summed E-state index contributed by atoms with van der Waals surface area (Å²) in [5, 5.41) is 16.5. The summed E-state index contributed by atoms with van der Waals surface area (Å²) in [5.41, 5.74) is 14.3. The molecule has 1 fully saturated rings. The molecule has 1 saturated carbocycles. The maximum Gasteiger partial charge on any atom is 0.294 e. The summed E-state index contributed by atoms with van der Waals surface area (Å²) in [6.45, 7) is 5.77. The van der Waals surface area contributed by atoms with E-state index in [0.717, 1.165) is 18.4 Å². The minimum atomic E-state index is -0.466. The van der Waals surface area contributed by atoms with Crippen molar-refractivity contribution < 1.29 is 9.59 Å². The van der Waals surface area contributed by atoms with Crippen LogP contribution in [0.2, 0.25) is 0 Å². The molecule has 43 heavy (non-hydrogen) atoms. The van der Waals surface area contributed by atoms with Crippen LogP contribution >= 0.6 is 0 Å². The molecule has 4 rings (SSSR count). The smallest absolute Gasteiger partial charge is 0.294 e. The van der Waals surface area contributed by atoms with Gasteiger partial charge in [0.05, 0.1) is 11.9 Å². The van der Waals surface area contributed by atoms with Gasteiger partial charge >= 0.3 is 0 Å². The first-order valence-electron chi connectivity index (χ1n) is 14.8. The van der Waals surface area contributed by atoms with Crippen molar-refractivity contribution in [3.8, 4) is 11.3 Å². The summed E-state index contributed by atoms with van der Waals surface area (Å²) in [6, 6.07) is 11.9. The third-order valence-electron chi connectivity index (χ3n) is 7.77. The number of carbonyl (C=O) groups is 2. The second kappa shape index (κ2) is 14.0. The van der Waals surface area contributed by atoms with E-state index in [1.54, 1.807) is 42.5 Å². The zero-order chi connectivity index (χ0) is 31.1. The Balaban J connectivity index is 1.59. The summed E-state index contributed by atoms with van der Waals surface area (Å²) in [7, 11) is 0. The molecular weight excluding hydrogens is 544 g/mol. The van der Waals surface area contributed by atoms with Crippen molar-refractivity contribution in [2.24, 2.45) is 11.7 Å². The number of rotatable bonds is 11. The maximum atomic E-state index is 13.5. The highest BCUT2D eigenvalue weighted by Gasteiger charge is 2.23. The minimum absolute atomic E-state index is 0.0290. The molecule has 0 radical (unpaired) electrons. The molecule has 8 N–H and O–H groups in total. The highest BCUT2D eigenvalue weighted by Crippen LogP contribution is 2.27. The van der Waals surface area contributed by atoms with Crippen molar-refractivity contribution in [1.29, 1.82) is 5.41 Å². The molecule has 1 aliphatic carbocycles. The van der Waals surface area contributed by atoms with Crippen LogP contribution in [0.5, 0.6) is 0 Å². The maximum absolute atomic E-state index is 13.5. The third-order valence-corrected chi connectivity index (χ3v) is 7.77. The van der Waals surface area contributed by atoms with Crippen LogP contribution in [0.25, 0.3) is 11.3 Å². The summed E-state index contributed by atoms with van der Waals surface area (Å²) in [4.78, 5) is 44.3. The molecule has 1 atom stereocenters. The van der Waals surface area contributed by atoms with Crippen molar-refractivity contribution in [2.75, 3.05) is 11.1 Å². The highest BCUT2D eigenvalue weighted by molar-refractivity contribution is 5.97. The van der Waals surface area contributed by atoms with Gasteiger partial charge in [-0.05, 0) is 63.3 Å². The van der Waals surface area contributed by atoms with Crippen LogP contribution in [0.15, 0.2) is 53.5 Å². The Morgan fingerprint density at radius 3 is 2.40 bits per heavy atom. The SMILES string of the molecule is CC(C)Nc1ncc(-c2cc(N)cc(C(=O)N[C@@H](C)C3CCCCC3)c2)n(CC(=O)NCc2ccc(C(=N)N)cc2)c1=O. The molecule has 0 spiro atoms. The first kappa shape index (κ1) is 31.3. The van der Waals surface area contributed by atoms with Crippen LogP contribution in [0.3, 0.4) is 0 Å². The summed E-state index contributed by atoms with van der Waals surface area (Å²) in [5.74, 6) is -0.0929. The topological polar surface area (TPSA) is 181 Å². The van der Waals surface area contributed by atoms with Crippen LogP contribution in [0.1, 0.15) is 74.4 Å². The van der Waals surface area contributed by atoms with Crippen molar-refractivity contribution in [1.82, 2.24) is 20.2 Å². The van der Waals surface area contributed by atoms with Crippen molar-refractivity contribution in [2.45, 2.75) is 78.0 Å². The number of benzene rings is 2. The Morgan fingerprint density at radius 2 is 1.74 bits per heavy atom. The van der Waals surface area contributed by atoms with Gasteiger partial charge in [0.15, 0.2) is 5.82 Å². The number of nitrogens with zero attached hydrogens (tertiary/aromatic N) is 2. The first-order chi connectivity index (χ1) is 20.5. The third kappa shape index (κ3) is 8.21. The van der Waals surface area contributed by atoms with Crippen LogP contribution in [-0.2, 0) is 17.9 Å². The quantitative estimate of drug-likeness (QED) is 0.113. The van der Waals surface area contributed by atoms with Gasteiger partial charge in [-0.15, -0.1) is 0 Å². The second-order valence-corrected chi connectivity index (χ2v) is 11.6. The summed E-state index contributed by atoms with van der Waals surface area (Å²) < 4.78 is 1.34. The van der Waals surface area contributed by atoms with E-state index in [1.807, 2.05) is 20.8 Å². The van der Waals surface area contributed by atoms with E-state index >= 15 is 0 Å². The minimum Gasteiger partial charge on any atom is -0.399 e. The fourth-order valence-corrected chi connectivity index (χ4v) is 5.42. The van der Waals surface area contributed by atoms with Crippen molar-refractivity contribution in [3.63, 3.8) is 0 Å². The molecule has 11 nitrogen and oxygen atoms in total. The number of hydrogen-bond donors (Lipinski definition) is 6. The molecule has 1 aromatic heterocycles. The molecule has 228 valence electrons. The van der Waals surface area contributed by atoms with E-state index < -0.39 is 5.56 Å². The van der Waals surface area contributed by atoms with Gasteiger partial charge in [-0.3, -0.25) is 24.4 Å². The lowest BCUT2D eigenvalue weighted by Crippen LogP contribution is -2.39. The van der Waals surface area contributed by atoms with Crippen LogP contribution in [0, 0.1) is 11.3 Å². The number of aromatic nitrogens is 2. The van der Waals surface area contributed by atoms with Crippen molar-refractivity contribution in [3.05, 3.63) is 75.7 Å². The van der Waals surface area contributed by atoms with Gasteiger partial charge in [0.1, 0.15) is 12.4 Å². The monoisotopic (exact) mass is 586 g/mol. The lowest BCUT2D eigenvalue weighted by molar-refractivity contribution is -0.121. The fraction of sp³-hybridized carbons (Fsp3) is 0.406. The van der Waals surface area contributed by atoms with Gasteiger partial charge in [0.2, 0.25) is 5.91 Å². The van der Waals surface area contributed by atoms with Crippen LogP contribution in [0.4, 0.5) is 11.5 Å². The molecule has 0 saturated heterocycles. The van der Waals surface area contributed by atoms with Gasteiger partial charge in [-0.25, -0.2) is 4.98 Å². The molecule has 1 heterocycles. The molecule has 3 aromatic rings. The molecule has 0 bridgehead atoms. The Labute approximate surface area is 252 Å². The van der Waals surface area contributed by atoms with E-state index in [0.29, 0.717) is 34.0 Å². The number of anilines is 2. The standard InChI is InChI=1S/C32H42N8O3/c1-19(2)38-30-32(43)40(18-28(41)36-16-21-9-11-23(12-10-21)29(34)35)27(17-37-30)24-13-25(15-26(33)14-24)31(42)39-20(3)22-7-5-4-6-8-22/h9-15,17,19-20,22H,4-8,16,18,33H2,1-3H3,(H3,34,35)(H,36,41)(H,37,38)(H,39,42)/t20-/m0/s1. The normalized spacial score (nSPS) is 14.2. The zero-order valence-electron chi connectivity index (χ0n) is 25.1. The number of nitrogen functional groups attached to an aromatic ring is 2. The number of hydrogen-bond acceptors (Lipinski definition) is 7. The first-order valence-corrected chi connectivity index (χ1v) is 14.8. The Hall–Kier alpha value is -4.67. The van der Waals surface area contributed by atoms with Gasteiger partial charge in [-0.2, -0.15) is 0 Å². The number of nitrogens with one attached hydrogen (secondary N) is 4. The molecule has 1 aliphatic rings. The number of carbonyl (C=O) groups excluding carboxylic acids is 2. The largest absolute Gasteiger partial charge is 0.399 e. The summed E-state index contributed by atoms with van der Waals surface area (Å²) in [6.07, 6.45) is 7.32. The number of amidine groups is 1. The second-order valence-electron chi connectivity index (χ2n) is 11.6. The Bertz CT molecular complexity index is 1520. The predicted octanol–water partition coefficient (Wildman–Crippen LogP) is 3.61. The van der Waals surface area contributed by atoms with E-state index in [-0.39, 0.29) is 48.6 Å². The lowest BCUT2D eigenvalue weighted by atomic mass is 9.84. The number of amides is 2. The van der Waals surface area contributed by atoms with Gasteiger partial charge < -0.3 is 27.4 Å². The Morgan fingerprint density at radius 1 is 1.05 bits per heavy atom. The molecule has 0 unspecified atom stereocenters. The van der Waals surface area contributed by atoms with E-state index in [9.17, 15) is 14.4 Å². The van der Waals surface area contributed by atoms with E-state index in [4.69, 9.17) is 16.9 Å². The predicted molar refractivity (Wildman–Crippen MR) is 170 cm³/mol. The highest BCUT2D eigenvalue weighted by atomic mass is 16.2. The number of nitrogens with two attached hydrogens (primary N) is 2. The van der Waals surface area contributed by atoms with Crippen LogP contribution in [-0.4, -0.2) is 39.3 Å². The van der Waals surface area contributed by atoms with Gasteiger partial charge in [0, 0.05) is 41.0 Å². The molecular formula is C32H42N8O3. The van der Waals surface area contributed by atoms with E-state index in [1.165, 1.54) is 30.0 Å². The zero-order valence-corrected chi connectivity index (χ0v) is 25.1. The average molecular weight is 587 g/mol. The fourth-order valence-electron chi connectivity index (χ4n) is 5.42. The molecule has 0 aliphatic heterocycles. The summed E-state index contributed by atoms with van der Waals surface area (Å²) >= 11 is 0. The van der Waals surface area contributed by atoms with E-state index in [2.05, 4.69) is 20.9 Å².